The lowest BCUT2D eigenvalue weighted by Crippen LogP contribution is -2.03. The minimum atomic E-state index is -0.530. The molecule has 10 heteroatoms. The van der Waals surface area contributed by atoms with E-state index in [4.69, 9.17) is 21.1 Å². The monoisotopic (exact) mass is 544 g/mol. The zero-order valence-corrected chi connectivity index (χ0v) is 22.2. The van der Waals surface area contributed by atoms with Crippen molar-refractivity contribution in [3.8, 4) is 45.4 Å². The summed E-state index contributed by atoms with van der Waals surface area (Å²) in [7, 11) is 3.52. The van der Waals surface area contributed by atoms with Crippen LogP contribution in [-0.4, -0.2) is 43.7 Å². The number of hydrogen-bond acceptors (Lipinski definition) is 6. The Bertz CT molecular complexity index is 1610. The van der Waals surface area contributed by atoms with Gasteiger partial charge in [0.2, 0.25) is 0 Å². The molecular formula is C29H26ClFN6O2. The summed E-state index contributed by atoms with van der Waals surface area (Å²) in [6.07, 6.45) is 5.70. The van der Waals surface area contributed by atoms with Crippen molar-refractivity contribution in [3.63, 3.8) is 0 Å². The number of aromatic nitrogens is 6. The molecule has 39 heavy (non-hydrogen) atoms. The summed E-state index contributed by atoms with van der Waals surface area (Å²) in [5.41, 5.74) is 5.65. The molecule has 0 spiro atoms. The number of halogens is 2. The number of rotatable bonds is 9. The number of alkyl halides is 1. The van der Waals surface area contributed by atoms with Crippen molar-refractivity contribution >= 4 is 11.6 Å². The summed E-state index contributed by atoms with van der Waals surface area (Å²) in [4.78, 5) is 9.25. The maximum Gasteiger partial charge on any atom is 0.131 e. The van der Waals surface area contributed by atoms with Gasteiger partial charge in [-0.15, -0.1) is 11.6 Å². The van der Waals surface area contributed by atoms with E-state index in [0.29, 0.717) is 41.1 Å². The minimum Gasteiger partial charge on any atom is -0.497 e. The summed E-state index contributed by atoms with van der Waals surface area (Å²) in [5, 5.41) is 10.9. The van der Waals surface area contributed by atoms with Gasteiger partial charge in [0.15, 0.2) is 0 Å². The molecule has 0 amide bonds. The Morgan fingerprint density at radius 2 is 1.87 bits per heavy atom. The molecule has 1 unspecified atom stereocenters. The van der Waals surface area contributed by atoms with Gasteiger partial charge in [0, 0.05) is 30.4 Å². The van der Waals surface area contributed by atoms with E-state index in [-0.39, 0.29) is 5.82 Å². The molecule has 0 radical (unpaired) electrons. The molecule has 0 bridgehead atoms. The first-order valence-electron chi connectivity index (χ1n) is 12.6. The molecule has 5 aromatic rings. The highest BCUT2D eigenvalue weighted by Crippen LogP contribution is 2.39. The van der Waals surface area contributed by atoms with Gasteiger partial charge < -0.3 is 14.0 Å². The van der Waals surface area contributed by atoms with Crippen molar-refractivity contribution in [3.05, 3.63) is 84.2 Å². The Labute approximate surface area is 229 Å². The van der Waals surface area contributed by atoms with E-state index < -0.39 is 5.38 Å². The van der Waals surface area contributed by atoms with Crippen LogP contribution in [0.25, 0.3) is 33.9 Å². The van der Waals surface area contributed by atoms with Crippen LogP contribution in [0.5, 0.6) is 11.5 Å². The predicted octanol–water partition coefficient (Wildman–Crippen LogP) is 6.20. The lowest BCUT2D eigenvalue weighted by molar-refractivity contribution is 0.299. The number of benzene rings is 2. The van der Waals surface area contributed by atoms with Crippen LogP contribution in [0.1, 0.15) is 29.5 Å². The molecule has 1 saturated carbocycles. The number of pyridine rings is 1. The summed E-state index contributed by atoms with van der Waals surface area (Å²) < 4.78 is 27.4. The Morgan fingerprint density at radius 3 is 2.64 bits per heavy atom. The van der Waals surface area contributed by atoms with Gasteiger partial charge in [-0.3, -0.25) is 4.98 Å². The average Bonchev–Trinajstić information content (AvgIpc) is 3.52. The second-order valence-electron chi connectivity index (χ2n) is 9.57. The highest BCUT2D eigenvalue weighted by atomic mass is 35.5. The Hall–Kier alpha value is -4.24. The molecule has 1 aliphatic rings. The van der Waals surface area contributed by atoms with E-state index in [1.54, 1.807) is 25.7 Å². The molecular weight excluding hydrogens is 519 g/mol. The van der Waals surface area contributed by atoms with Crippen LogP contribution in [0.2, 0.25) is 0 Å². The van der Waals surface area contributed by atoms with Gasteiger partial charge in [0.05, 0.1) is 31.4 Å². The number of imidazole rings is 1. The second kappa shape index (κ2) is 10.5. The SMILES string of the molecule is COc1ccc(C(Cl)c2n[nH]nc2-c2ccnc(-c3ncn(C)c3-c3ccc(F)cc3OCC3CC3)c2)cc1. The smallest absolute Gasteiger partial charge is 0.131 e. The average molecular weight is 545 g/mol. The first-order chi connectivity index (χ1) is 19.0. The third-order valence-electron chi connectivity index (χ3n) is 6.81. The summed E-state index contributed by atoms with van der Waals surface area (Å²) in [6, 6.07) is 15.9. The lowest BCUT2D eigenvalue weighted by atomic mass is 10.0. The number of aromatic amines is 1. The fourth-order valence-corrected chi connectivity index (χ4v) is 4.80. The molecule has 1 atom stereocenters. The minimum absolute atomic E-state index is 0.348. The molecule has 0 saturated heterocycles. The maximum atomic E-state index is 14.2. The summed E-state index contributed by atoms with van der Waals surface area (Å²) >= 11 is 6.84. The largest absolute Gasteiger partial charge is 0.497 e. The van der Waals surface area contributed by atoms with Crippen LogP contribution in [0.4, 0.5) is 4.39 Å². The number of hydrogen-bond donors (Lipinski definition) is 1. The number of nitrogens with one attached hydrogen (secondary N) is 1. The third-order valence-corrected chi connectivity index (χ3v) is 7.27. The molecule has 8 nitrogen and oxygen atoms in total. The number of ether oxygens (including phenoxy) is 2. The Morgan fingerprint density at radius 1 is 1.05 bits per heavy atom. The number of H-pyrrole nitrogens is 1. The number of methoxy groups -OCH3 is 1. The molecule has 6 rings (SSSR count). The van der Waals surface area contributed by atoms with Gasteiger partial charge in [-0.1, -0.05) is 12.1 Å². The van der Waals surface area contributed by atoms with Crippen LogP contribution in [-0.2, 0) is 7.05 Å². The highest BCUT2D eigenvalue weighted by molar-refractivity contribution is 6.22. The summed E-state index contributed by atoms with van der Waals surface area (Å²) in [6.45, 7) is 0.570. The molecule has 3 aromatic heterocycles. The first-order valence-corrected chi connectivity index (χ1v) is 13.0. The van der Waals surface area contributed by atoms with Gasteiger partial charge in [0.1, 0.15) is 39.8 Å². The standard InChI is InChI=1S/C29H26ClFN6O2/c1-37-16-33-27(29(37)22-10-7-20(31)14-24(22)39-15-17-3-4-17)23-13-19(11-12-32-23)26-28(35-36-34-26)25(30)18-5-8-21(38-2)9-6-18/h5-14,16-17,25H,3-4,15H2,1-2H3,(H,34,35,36). The highest BCUT2D eigenvalue weighted by Gasteiger charge is 2.25. The molecule has 0 aliphatic heterocycles. The van der Waals surface area contributed by atoms with Crippen molar-refractivity contribution in [2.24, 2.45) is 13.0 Å². The van der Waals surface area contributed by atoms with Crippen LogP contribution in [0, 0.1) is 11.7 Å². The molecule has 1 aliphatic carbocycles. The van der Waals surface area contributed by atoms with E-state index in [9.17, 15) is 4.39 Å². The van der Waals surface area contributed by atoms with Gasteiger partial charge >= 0.3 is 0 Å². The fraction of sp³-hybridized carbons (Fsp3) is 0.241. The third kappa shape index (κ3) is 5.09. The number of aryl methyl sites for hydroxylation is 1. The van der Waals surface area contributed by atoms with Gasteiger partial charge in [-0.2, -0.15) is 15.4 Å². The van der Waals surface area contributed by atoms with E-state index in [0.717, 1.165) is 41.0 Å². The van der Waals surface area contributed by atoms with E-state index in [1.165, 1.54) is 12.1 Å². The topological polar surface area (TPSA) is 90.7 Å². The van der Waals surface area contributed by atoms with E-state index in [2.05, 4.69) is 25.4 Å². The van der Waals surface area contributed by atoms with Crippen molar-refractivity contribution in [1.29, 1.82) is 0 Å². The van der Waals surface area contributed by atoms with Gasteiger partial charge in [-0.25, -0.2) is 9.37 Å². The molecule has 1 fully saturated rings. The van der Waals surface area contributed by atoms with E-state index in [1.807, 2.05) is 48.0 Å². The van der Waals surface area contributed by atoms with Crippen molar-refractivity contribution in [1.82, 2.24) is 29.9 Å². The van der Waals surface area contributed by atoms with Crippen LogP contribution < -0.4 is 9.47 Å². The van der Waals surface area contributed by atoms with Crippen molar-refractivity contribution in [2.45, 2.75) is 18.2 Å². The van der Waals surface area contributed by atoms with Crippen LogP contribution in [0.15, 0.2) is 67.1 Å². The molecule has 2 aromatic carbocycles. The Balaban J connectivity index is 1.36. The predicted molar refractivity (Wildman–Crippen MR) is 146 cm³/mol. The lowest BCUT2D eigenvalue weighted by Gasteiger charge is -2.14. The van der Waals surface area contributed by atoms with Crippen LogP contribution >= 0.6 is 11.6 Å². The quantitative estimate of drug-likeness (QED) is 0.222. The Kier molecular flexibility index (Phi) is 6.74. The molecule has 198 valence electrons. The van der Waals surface area contributed by atoms with Crippen molar-refractivity contribution < 1.29 is 13.9 Å². The number of nitrogens with zero attached hydrogens (tertiary/aromatic N) is 5. The molecule has 1 N–H and O–H groups in total. The van der Waals surface area contributed by atoms with Gasteiger partial charge in [-0.05, 0) is 60.7 Å². The normalized spacial score (nSPS) is 13.8. The summed E-state index contributed by atoms with van der Waals surface area (Å²) in [5.74, 6) is 1.42. The molecule has 3 heterocycles. The van der Waals surface area contributed by atoms with Gasteiger partial charge in [0.25, 0.3) is 0 Å². The van der Waals surface area contributed by atoms with Crippen molar-refractivity contribution in [2.75, 3.05) is 13.7 Å². The zero-order valence-electron chi connectivity index (χ0n) is 21.4. The fourth-order valence-electron chi connectivity index (χ4n) is 4.50. The first kappa shape index (κ1) is 25.1. The second-order valence-corrected chi connectivity index (χ2v) is 10.0. The zero-order chi connectivity index (χ0) is 26.9. The maximum absolute atomic E-state index is 14.2. The van der Waals surface area contributed by atoms with Crippen LogP contribution in [0.3, 0.4) is 0 Å². The van der Waals surface area contributed by atoms with E-state index >= 15 is 0 Å².